The summed E-state index contributed by atoms with van der Waals surface area (Å²) in [6.45, 7) is 3.59. The van der Waals surface area contributed by atoms with Crippen molar-refractivity contribution in [2.45, 2.75) is 37.5 Å². The number of benzene rings is 1. The Labute approximate surface area is 136 Å². The van der Waals surface area contributed by atoms with Crippen LogP contribution in [0, 0.1) is 5.92 Å². The maximum absolute atomic E-state index is 4.39. The lowest BCUT2D eigenvalue weighted by Gasteiger charge is -2.32. The molecule has 4 rings (SSSR count). The van der Waals surface area contributed by atoms with Crippen LogP contribution in [-0.2, 0) is 6.54 Å². The highest BCUT2D eigenvalue weighted by molar-refractivity contribution is 7.97. The molecule has 1 saturated heterocycles. The second-order valence-electron chi connectivity index (χ2n) is 6.50. The summed E-state index contributed by atoms with van der Waals surface area (Å²) >= 11 is 2.11. The van der Waals surface area contributed by atoms with Gasteiger partial charge in [0.1, 0.15) is 0 Å². The van der Waals surface area contributed by atoms with Gasteiger partial charge in [-0.05, 0) is 37.2 Å². The van der Waals surface area contributed by atoms with Crippen LogP contribution >= 0.6 is 11.9 Å². The first-order valence-corrected chi connectivity index (χ1v) is 9.19. The topological polar surface area (TPSA) is 21.1 Å². The van der Waals surface area contributed by atoms with Crippen LogP contribution in [0.25, 0.3) is 11.3 Å². The van der Waals surface area contributed by atoms with Gasteiger partial charge in [-0.2, -0.15) is 0 Å². The van der Waals surface area contributed by atoms with Crippen molar-refractivity contribution < 1.29 is 0 Å². The molecule has 116 valence electrons. The van der Waals surface area contributed by atoms with E-state index in [1.54, 1.807) is 0 Å². The average Bonchev–Trinajstić information content (AvgIpc) is 3.24. The molecule has 0 N–H and O–H groups in total. The highest BCUT2D eigenvalue weighted by atomic mass is 32.2. The van der Waals surface area contributed by atoms with Gasteiger partial charge in [-0.15, -0.1) is 0 Å². The lowest BCUT2D eigenvalue weighted by Crippen LogP contribution is -2.33. The zero-order valence-corrected chi connectivity index (χ0v) is 13.7. The molecule has 1 aromatic carbocycles. The molecule has 1 aromatic heterocycles. The van der Waals surface area contributed by atoms with Crippen LogP contribution in [0.5, 0.6) is 0 Å². The first-order valence-electron chi connectivity index (χ1n) is 8.36. The van der Waals surface area contributed by atoms with E-state index in [0.717, 1.165) is 17.7 Å². The highest BCUT2D eigenvalue weighted by Gasteiger charge is 2.28. The van der Waals surface area contributed by atoms with Crippen LogP contribution in [0.1, 0.15) is 25.7 Å². The third kappa shape index (κ3) is 3.39. The van der Waals surface area contributed by atoms with Crippen molar-refractivity contribution in [1.29, 1.82) is 0 Å². The van der Waals surface area contributed by atoms with Gasteiger partial charge in [0.25, 0.3) is 0 Å². The molecule has 2 aromatic rings. The standard InChI is InChI=1S/C18H23N3S/c1-2-6-16(7-3-1)18-11-19-14-20(18)12-15-5-4-10-21(13-15)22-17-8-9-17/h1-3,6-7,11,14-15,17H,4-5,8-10,12-13H2. The Bertz CT molecular complexity index is 606. The predicted octanol–water partition coefficient (Wildman–Crippen LogP) is 4.07. The van der Waals surface area contributed by atoms with Crippen molar-refractivity contribution in [3.8, 4) is 11.3 Å². The van der Waals surface area contributed by atoms with E-state index in [1.807, 2.05) is 12.5 Å². The Morgan fingerprint density at radius 3 is 2.82 bits per heavy atom. The SMILES string of the molecule is c1ccc(-c2cncn2CC2CCCN(SC3CC3)C2)cc1. The minimum absolute atomic E-state index is 0.747. The normalized spacial score (nSPS) is 22.8. The van der Waals surface area contributed by atoms with E-state index in [4.69, 9.17) is 0 Å². The maximum Gasteiger partial charge on any atom is 0.0951 e. The summed E-state index contributed by atoms with van der Waals surface area (Å²) in [5, 5.41) is 0.923. The summed E-state index contributed by atoms with van der Waals surface area (Å²) in [4.78, 5) is 4.39. The van der Waals surface area contributed by atoms with Gasteiger partial charge < -0.3 is 4.57 Å². The van der Waals surface area contributed by atoms with Crippen LogP contribution in [0.4, 0.5) is 0 Å². The fourth-order valence-corrected chi connectivity index (χ4v) is 4.55. The van der Waals surface area contributed by atoms with Crippen LogP contribution in [0.15, 0.2) is 42.9 Å². The summed E-state index contributed by atoms with van der Waals surface area (Å²) in [7, 11) is 0. The molecule has 2 fully saturated rings. The Morgan fingerprint density at radius 1 is 1.14 bits per heavy atom. The van der Waals surface area contributed by atoms with E-state index in [1.165, 1.54) is 50.0 Å². The van der Waals surface area contributed by atoms with Crippen LogP contribution in [0.2, 0.25) is 0 Å². The van der Waals surface area contributed by atoms with Crippen molar-refractivity contribution in [3.05, 3.63) is 42.9 Å². The van der Waals surface area contributed by atoms with Crippen molar-refractivity contribution in [3.63, 3.8) is 0 Å². The quantitative estimate of drug-likeness (QED) is 0.776. The van der Waals surface area contributed by atoms with Gasteiger partial charge in [0.2, 0.25) is 0 Å². The fourth-order valence-electron chi connectivity index (χ4n) is 3.25. The molecule has 4 heteroatoms. The number of aromatic nitrogens is 2. The molecule has 1 aliphatic carbocycles. The van der Waals surface area contributed by atoms with Gasteiger partial charge in [0, 0.05) is 24.9 Å². The largest absolute Gasteiger partial charge is 0.330 e. The number of piperidine rings is 1. The number of rotatable bonds is 5. The molecular weight excluding hydrogens is 290 g/mol. The van der Waals surface area contributed by atoms with Crippen LogP contribution in [-0.4, -0.2) is 32.2 Å². The lowest BCUT2D eigenvalue weighted by atomic mass is 9.99. The smallest absolute Gasteiger partial charge is 0.0951 e. The number of imidazole rings is 1. The molecule has 0 radical (unpaired) electrons. The van der Waals surface area contributed by atoms with E-state index in [-0.39, 0.29) is 0 Å². The molecule has 2 aliphatic rings. The van der Waals surface area contributed by atoms with Crippen molar-refractivity contribution in [2.75, 3.05) is 13.1 Å². The Hall–Kier alpha value is -1.26. The fraction of sp³-hybridized carbons (Fsp3) is 0.500. The van der Waals surface area contributed by atoms with Gasteiger partial charge in [-0.1, -0.05) is 42.3 Å². The second kappa shape index (κ2) is 6.47. The molecule has 1 unspecified atom stereocenters. The van der Waals surface area contributed by atoms with Gasteiger partial charge in [-0.3, -0.25) is 4.31 Å². The minimum atomic E-state index is 0.747. The van der Waals surface area contributed by atoms with E-state index < -0.39 is 0 Å². The zero-order valence-electron chi connectivity index (χ0n) is 12.9. The third-order valence-electron chi connectivity index (χ3n) is 4.54. The molecule has 3 nitrogen and oxygen atoms in total. The summed E-state index contributed by atoms with van der Waals surface area (Å²) in [6, 6.07) is 10.6. The molecule has 1 aliphatic heterocycles. The third-order valence-corrected chi connectivity index (χ3v) is 5.94. The van der Waals surface area contributed by atoms with Gasteiger partial charge in [0.15, 0.2) is 0 Å². The molecule has 0 bridgehead atoms. The Balaban J connectivity index is 1.43. The monoisotopic (exact) mass is 313 g/mol. The molecule has 1 saturated carbocycles. The lowest BCUT2D eigenvalue weighted by molar-refractivity contribution is 0.261. The minimum Gasteiger partial charge on any atom is -0.330 e. The summed E-state index contributed by atoms with van der Waals surface area (Å²) in [5.74, 6) is 0.747. The average molecular weight is 313 g/mol. The first kappa shape index (κ1) is 14.3. The van der Waals surface area contributed by atoms with Gasteiger partial charge >= 0.3 is 0 Å². The predicted molar refractivity (Wildman–Crippen MR) is 92.6 cm³/mol. The molecule has 0 amide bonds. The van der Waals surface area contributed by atoms with Crippen LogP contribution in [0.3, 0.4) is 0 Å². The van der Waals surface area contributed by atoms with Crippen molar-refractivity contribution in [2.24, 2.45) is 5.92 Å². The van der Waals surface area contributed by atoms with Crippen LogP contribution < -0.4 is 0 Å². The maximum atomic E-state index is 4.39. The van der Waals surface area contributed by atoms with Gasteiger partial charge in [0.05, 0.1) is 18.2 Å². The summed E-state index contributed by atoms with van der Waals surface area (Å²) in [6.07, 6.45) is 9.51. The Kier molecular flexibility index (Phi) is 4.22. The van der Waals surface area contributed by atoms with Crippen molar-refractivity contribution in [1.82, 2.24) is 13.9 Å². The summed E-state index contributed by atoms with van der Waals surface area (Å²) in [5.41, 5.74) is 2.51. The number of nitrogens with zero attached hydrogens (tertiary/aromatic N) is 3. The zero-order chi connectivity index (χ0) is 14.8. The van der Waals surface area contributed by atoms with E-state index in [9.17, 15) is 0 Å². The first-order chi connectivity index (χ1) is 10.9. The van der Waals surface area contributed by atoms with E-state index in [2.05, 4.69) is 56.1 Å². The second-order valence-corrected chi connectivity index (χ2v) is 7.89. The molecule has 22 heavy (non-hydrogen) atoms. The van der Waals surface area contributed by atoms with Crippen molar-refractivity contribution >= 4 is 11.9 Å². The number of hydrogen-bond acceptors (Lipinski definition) is 3. The Morgan fingerprint density at radius 2 is 2.00 bits per heavy atom. The van der Waals surface area contributed by atoms with Gasteiger partial charge in [-0.25, -0.2) is 4.98 Å². The molecule has 2 heterocycles. The van der Waals surface area contributed by atoms with E-state index >= 15 is 0 Å². The molecule has 1 atom stereocenters. The van der Waals surface area contributed by atoms with E-state index in [0.29, 0.717) is 0 Å². The molecular formula is C18H23N3S. The highest BCUT2D eigenvalue weighted by Crippen LogP contribution is 2.38. The number of hydrogen-bond donors (Lipinski definition) is 0. The molecule has 0 spiro atoms. The summed E-state index contributed by atoms with van der Waals surface area (Å²) < 4.78 is 4.95.